The third kappa shape index (κ3) is 5.03. The van der Waals surface area contributed by atoms with E-state index in [1.54, 1.807) is 12.4 Å². The Morgan fingerprint density at radius 3 is 2.76 bits per heavy atom. The quantitative estimate of drug-likeness (QED) is 0.276. The highest BCUT2D eigenvalue weighted by Gasteiger charge is 2.29. The van der Waals surface area contributed by atoms with Gasteiger partial charge in [0, 0.05) is 13.6 Å². The lowest BCUT2D eigenvalue weighted by atomic mass is 10.1. The minimum atomic E-state index is -0.253. The van der Waals surface area contributed by atoms with Gasteiger partial charge in [-0.15, -0.1) is 0 Å². The average molecular weight is 498 g/mol. The summed E-state index contributed by atoms with van der Waals surface area (Å²) in [6, 6.07) is 21.3. The smallest absolute Gasteiger partial charge is 0.167 e. The van der Waals surface area contributed by atoms with Crippen LogP contribution in [0.25, 0.3) is 21.9 Å². The summed E-state index contributed by atoms with van der Waals surface area (Å²) in [6.45, 7) is 1.59. The van der Waals surface area contributed by atoms with E-state index < -0.39 is 0 Å². The summed E-state index contributed by atoms with van der Waals surface area (Å²) in [5, 5.41) is 2.45. The fraction of sp³-hybridized carbons (Fsp3) is 0.276. The molecule has 37 heavy (non-hydrogen) atoms. The predicted molar refractivity (Wildman–Crippen MR) is 141 cm³/mol. The van der Waals surface area contributed by atoms with E-state index in [0.29, 0.717) is 31.1 Å². The van der Waals surface area contributed by atoms with Gasteiger partial charge in [0.25, 0.3) is 0 Å². The van der Waals surface area contributed by atoms with Crippen molar-refractivity contribution in [1.29, 1.82) is 0 Å². The Morgan fingerprint density at radius 1 is 0.973 bits per heavy atom. The molecule has 8 heteroatoms. The highest BCUT2D eigenvalue weighted by Crippen LogP contribution is 2.32. The molecule has 0 N–H and O–H groups in total. The van der Waals surface area contributed by atoms with Gasteiger partial charge in [0.05, 0.1) is 25.6 Å². The molecule has 3 aromatic carbocycles. The molecule has 3 heterocycles. The van der Waals surface area contributed by atoms with Gasteiger partial charge in [-0.25, -0.2) is 19.3 Å². The second kappa shape index (κ2) is 10.2. The SMILES string of the molecule is CN(Cc1cccc(F)c1)c1ncnc2c1ncn2C1CC[C@@H](COCc2ccc3ccccc3c2)O1. The van der Waals surface area contributed by atoms with Gasteiger partial charge >= 0.3 is 0 Å². The van der Waals surface area contributed by atoms with Crippen molar-refractivity contribution in [3.8, 4) is 0 Å². The molecule has 6 rings (SSSR count). The number of halogens is 1. The normalized spacial score (nSPS) is 17.6. The Bertz CT molecular complexity index is 1540. The number of imidazole rings is 1. The number of hydrogen-bond donors (Lipinski definition) is 0. The molecule has 0 saturated carbocycles. The number of ether oxygens (including phenoxy) is 2. The molecule has 0 aliphatic carbocycles. The molecular formula is C29H28FN5O2. The molecule has 1 unspecified atom stereocenters. The van der Waals surface area contributed by atoms with E-state index in [2.05, 4.69) is 51.4 Å². The summed E-state index contributed by atoms with van der Waals surface area (Å²) in [7, 11) is 1.92. The van der Waals surface area contributed by atoms with Crippen molar-refractivity contribution in [3.63, 3.8) is 0 Å². The Labute approximate surface area is 214 Å². The van der Waals surface area contributed by atoms with Gasteiger partial charge in [0.1, 0.15) is 18.4 Å². The number of anilines is 1. The monoisotopic (exact) mass is 497 g/mol. The molecule has 2 atom stereocenters. The van der Waals surface area contributed by atoms with Crippen LogP contribution in [0, 0.1) is 5.82 Å². The van der Waals surface area contributed by atoms with Crippen molar-refractivity contribution in [2.45, 2.75) is 38.3 Å². The Hall–Kier alpha value is -3.88. The van der Waals surface area contributed by atoms with Gasteiger partial charge in [-0.05, 0) is 52.9 Å². The van der Waals surface area contributed by atoms with Crippen LogP contribution in [0.1, 0.15) is 30.2 Å². The Morgan fingerprint density at radius 2 is 1.86 bits per heavy atom. The summed E-state index contributed by atoms with van der Waals surface area (Å²) in [5.74, 6) is 0.443. The first kappa shape index (κ1) is 23.5. The lowest BCUT2D eigenvalue weighted by Gasteiger charge is -2.19. The van der Waals surface area contributed by atoms with E-state index in [1.807, 2.05) is 28.6 Å². The molecule has 0 radical (unpaired) electrons. The second-order valence-corrected chi connectivity index (χ2v) is 9.49. The number of nitrogens with zero attached hydrogens (tertiary/aromatic N) is 5. The first-order valence-electron chi connectivity index (χ1n) is 12.5. The molecular weight excluding hydrogens is 469 g/mol. The van der Waals surface area contributed by atoms with Crippen LogP contribution in [0.15, 0.2) is 79.4 Å². The van der Waals surface area contributed by atoms with E-state index in [4.69, 9.17) is 9.47 Å². The van der Waals surface area contributed by atoms with E-state index >= 15 is 0 Å². The van der Waals surface area contributed by atoms with Crippen LogP contribution in [0.4, 0.5) is 10.2 Å². The van der Waals surface area contributed by atoms with Gasteiger partial charge in [0.15, 0.2) is 17.0 Å². The minimum absolute atomic E-state index is 0.0138. The molecule has 1 aliphatic heterocycles. The number of hydrogen-bond acceptors (Lipinski definition) is 6. The third-order valence-corrected chi connectivity index (χ3v) is 6.79. The van der Waals surface area contributed by atoms with Crippen LogP contribution in [0.2, 0.25) is 0 Å². The van der Waals surface area contributed by atoms with E-state index in [0.717, 1.165) is 29.6 Å². The molecule has 5 aromatic rings. The largest absolute Gasteiger partial charge is 0.374 e. The Kier molecular flexibility index (Phi) is 6.51. The van der Waals surface area contributed by atoms with Crippen LogP contribution in [-0.2, 0) is 22.6 Å². The fourth-order valence-electron chi connectivity index (χ4n) is 4.96. The molecule has 1 fully saturated rings. The van der Waals surface area contributed by atoms with E-state index in [9.17, 15) is 4.39 Å². The first-order chi connectivity index (χ1) is 18.1. The fourth-order valence-corrected chi connectivity index (χ4v) is 4.96. The van der Waals surface area contributed by atoms with Gasteiger partial charge in [-0.3, -0.25) is 4.57 Å². The third-order valence-electron chi connectivity index (χ3n) is 6.79. The standard InChI is InChI=1S/C29H28FN5O2/c1-34(15-20-5-4-8-24(30)14-20)28-27-29(32-18-31-28)35(19-33-27)26-12-11-25(37-26)17-36-16-21-9-10-22-6-2-3-7-23(22)13-21/h2-10,13-14,18-19,25-26H,11-12,15-17H2,1H3/t25-,26?/m0/s1. The van der Waals surface area contributed by atoms with Crippen molar-refractivity contribution in [2.24, 2.45) is 0 Å². The minimum Gasteiger partial charge on any atom is -0.374 e. The lowest BCUT2D eigenvalue weighted by molar-refractivity contribution is -0.0433. The average Bonchev–Trinajstić information content (AvgIpc) is 3.55. The summed E-state index contributed by atoms with van der Waals surface area (Å²) in [4.78, 5) is 15.5. The van der Waals surface area contributed by atoms with Gasteiger partial charge in [-0.1, -0.05) is 48.5 Å². The molecule has 0 bridgehead atoms. The molecule has 7 nitrogen and oxygen atoms in total. The topological polar surface area (TPSA) is 65.3 Å². The highest BCUT2D eigenvalue weighted by molar-refractivity contribution is 5.83. The van der Waals surface area contributed by atoms with Crippen LogP contribution in [-0.4, -0.2) is 39.3 Å². The molecule has 188 valence electrons. The maximum atomic E-state index is 13.6. The summed E-state index contributed by atoms with van der Waals surface area (Å²) in [6.07, 6.45) is 4.92. The van der Waals surface area contributed by atoms with Crippen LogP contribution < -0.4 is 4.90 Å². The van der Waals surface area contributed by atoms with E-state index in [1.165, 1.54) is 29.2 Å². The number of rotatable bonds is 8. The zero-order valence-electron chi connectivity index (χ0n) is 20.6. The van der Waals surface area contributed by atoms with Gasteiger partial charge in [-0.2, -0.15) is 0 Å². The van der Waals surface area contributed by atoms with Gasteiger partial charge < -0.3 is 14.4 Å². The zero-order valence-corrected chi connectivity index (χ0v) is 20.6. The zero-order chi connectivity index (χ0) is 25.2. The first-order valence-corrected chi connectivity index (χ1v) is 12.5. The summed E-state index contributed by atoms with van der Waals surface area (Å²) < 4.78 is 27.9. The molecule has 0 spiro atoms. The predicted octanol–water partition coefficient (Wildman–Crippen LogP) is 5.65. The second-order valence-electron chi connectivity index (χ2n) is 9.49. The molecule has 2 aromatic heterocycles. The number of benzene rings is 3. The van der Waals surface area contributed by atoms with Crippen molar-refractivity contribution in [2.75, 3.05) is 18.6 Å². The maximum absolute atomic E-state index is 13.6. The molecule has 1 aliphatic rings. The maximum Gasteiger partial charge on any atom is 0.167 e. The summed E-state index contributed by atoms with van der Waals surface area (Å²) in [5.41, 5.74) is 3.43. The number of aromatic nitrogens is 4. The van der Waals surface area contributed by atoms with Crippen LogP contribution in [0.3, 0.4) is 0 Å². The van der Waals surface area contributed by atoms with Crippen molar-refractivity contribution >= 4 is 27.8 Å². The Balaban J connectivity index is 1.09. The lowest BCUT2D eigenvalue weighted by Crippen LogP contribution is -2.19. The van der Waals surface area contributed by atoms with Gasteiger partial charge in [0.2, 0.25) is 0 Å². The summed E-state index contributed by atoms with van der Waals surface area (Å²) >= 11 is 0. The van der Waals surface area contributed by atoms with Crippen molar-refractivity contribution in [1.82, 2.24) is 19.5 Å². The van der Waals surface area contributed by atoms with Crippen LogP contribution >= 0.6 is 0 Å². The van der Waals surface area contributed by atoms with Crippen molar-refractivity contribution in [3.05, 3.63) is 96.3 Å². The van der Waals surface area contributed by atoms with Crippen molar-refractivity contribution < 1.29 is 13.9 Å². The molecule has 1 saturated heterocycles. The highest BCUT2D eigenvalue weighted by atomic mass is 19.1. The van der Waals surface area contributed by atoms with E-state index in [-0.39, 0.29) is 18.1 Å². The molecule has 0 amide bonds. The number of fused-ring (bicyclic) bond motifs is 2. The van der Waals surface area contributed by atoms with Crippen LogP contribution in [0.5, 0.6) is 0 Å².